The van der Waals surface area contributed by atoms with Gasteiger partial charge < -0.3 is 15.0 Å². The molecule has 0 spiro atoms. The molecule has 2 aromatic heterocycles. The van der Waals surface area contributed by atoms with E-state index in [1.54, 1.807) is 42.7 Å². The van der Waals surface area contributed by atoms with Crippen molar-refractivity contribution in [3.63, 3.8) is 0 Å². The molecule has 0 aliphatic heterocycles. The Kier molecular flexibility index (Phi) is 8.00. The van der Waals surface area contributed by atoms with E-state index < -0.39 is 10.0 Å². The van der Waals surface area contributed by atoms with Crippen molar-refractivity contribution in [1.82, 2.24) is 19.5 Å². The Morgan fingerprint density at radius 1 is 0.907 bits per heavy atom. The third kappa shape index (κ3) is 5.91. The fourth-order valence-corrected chi connectivity index (χ4v) is 6.67. The first kappa shape index (κ1) is 28.6. The summed E-state index contributed by atoms with van der Waals surface area (Å²) in [4.78, 5) is 16.0. The summed E-state index contributed by atoms with van der Waals surface area (Å²) in [7, 11) is -3.82. The average Bonchev–Trinajstić information content (AvgIpc) is 3.45. The largest absolute Gasteiger partial charge is 0.393 e. The molecule has 11 heteroatoms. The smallest absolute Gasteiger partial charge is 0.261 e. The first-order valence-electron chi connectivity index (χ1n) is 14.5. The van der Waals surface area contributed by atoms with E-state index in [9.17, 15) is 13.5 Å². The minimum atomic E-state index is -3.82. The Morgan fingerprint density at radius 3 is 2.33 bits per heavy atom. The molecule has 0 amide bonds. The van der Waals surface area contributed by atoms with Gasteiger partial charge in [-0.25, -0.2) is 23.4 Å². The molecular weight excluding hydrogens is 562 g/mol. The monoisotopic (exact) mass is 597 g/mol. The van der Waals surface area contributed by atoms with E-state index in [0.29, 0.717) is 34.9 Å². The predicted octanol–water partition coefficient (Wildman–Crippen LogP) is 6.14. The molecular formula is C32H35N7O3S. The van der Waals surface area contributed by atoms with E-state index in [1.165, 1.54) is 6.33 Å². The van der Waals surface area contributed by atoms with Crippen LogP contribution >= 0.6 is 0 Å². The van der Waals surface area contributed by atoms with Crippen LogP contribution in [0.3, 0.4) is 0 Å². The molecule has 1 aliphatic rings. The fraction of sp³-hybridized carbons (Fsp3) is 0.281. The third-order valence-corrected chi connectivity index (χ3v) is 9.31. The molecule has 6 rings (SSSR count). The van der Waals surface area contributed by atoms with Crippen LogP contribution in [-0.2, 0) is 16.6 Å². The molecule has 43 heavy (non-hydrogen) atoms. The number of aromatic nitrogens is 4. The van der Waals surface area contributed by atoms with Crippen LogP contribution in [0, 0.1) is 6.92 Å². The zero-order valence-electron chi connectivity index (χ0n) is 24.2. The number of nitrogens with one attached hydrogen (secondary N) is 2. The van der Waals surface area contributed by atoms with Crippen LogP contribution in [0.4, 0.5) is 28.6 Å². The zero-order valence-corrected chi connectivity index (χ0v) is 25.0. The van der Waals surface area contributed by atoms with Gasteiger partial charge >= 0.3 is 0 Å². The standard InChI is InChI=1S/C32H35N7O3S/c1-3-38-21-35-30-31(38)33-20-34-32(30)39(29-11-7-6-10-28(29)36-23-12-16-25(40)17-13-23)24-14-18-26(19-15-24)43(41,42)37-27-9-5-4-8-22(27)2/h4-11,14-15,18-21,23,25,36-37,40H,3,12-13,16-17H2,1-2H3. The van der Waals surface area contributed by atoms with Crippen molar-refractivity contribution >= 4 is 49.8 Å². The van der Waals surface area contributed by atoms with E-state index in [1.807, 2.05) is 59.7 Å². The van der Waals surface area contributed by atoms with Gasteiger partial charge in [-0.05, 0) is 87.6 Å². The molecule has 2 heterocycles. The number of para-hydroxylation sites is 3. The number of hydrogen-bond acceptors (Lipinski definition) is 8. The van der Waals surface area contributed by atoms with E-state index in [4.69, 9.17) is 0 Å². The highest BCUT2D eigenvalue weighted by Gasteiger charge is 2.25. The van der Waals surface area contributed by atoms with Crippen molar-refractivity contribution in [3.8, 4) is 0 Å². The van der Waals surface area contributed by atoms with Gasteiger partial charge in [0, 0.05) is 18.3 Å². The van der Waals surface area contributed by atoms with Gasteiger partial charge in [-0.1, -0.05) is 30.3 Å². The Labute approximate surface area is 251 Å². The molecule has 1 aliphatic carbocycles. The lowest BCUT2D eigenvalue weighted by Gasteiger charge is -2.31. The summed E-state index contributed by atoms with van der Waals surface area (Å²) in [5.41, 5.74) is 5.19. The van der Waals surface area contributed by atoms with Crippen molar-refractivity contribution in [3.05, 3.63) is 91.0 Å². The first-order valence-corrected chi connectivity index (χ1v) is 16.0. The quantitative estimate of drug-likeness (QED) is 0.185. The Hall–Kier alpha value is -4.48. The van der Waals surface area contributed by atoms with Crippen LogP contribution in [0.15, 0.2) is 90.3 Å². The first-order chi connectivity index (χ1) is 20.8. The van der Waals surface area contributed by atoms with Crippen LogP contribution in [0.1, 0.15) is 38.2 Å². The van der Waals surface area contributed by atoms with Gasteiger partial charge in [0.25, 0.3) is 10.0 Å². The fourth-order valence-electron chi connectivity index (χ4n) is 5.54. The number of nitrogens with zero attached hydrogens (tertiary/aromatic N) is 5. The van der Waals surface area contributed by atoms with Crippen LogP contribution in [0.2, 0.25) is 0 Å². The van der Waals surface area contributed by atoms with Gasteiger partial charge in [0.15, 0.2) is 17.0 Å². The Balaban J connectivity index is 1.42. The number of anilines is 5. The van der Waals surface area contributed by atoms with Crippen molar-refractivity contribution in [2.75, 3.05) is 14.9 Å². The van der Waals surface area contributed by atoms with Gasteiger partial charge in [-0.3, -0.25) is 9.62 Å². The van der Waals surface area contributed by atoms with E-state index in [2.05, 4.69) is 25.0 Å². The average molecular weight is 598 g/mol. The molecule has 1 saturated carbocycles. The number of benzene rings is 3. The SMILES string of the molecule is CCn1cnc2c(N(c3ccc(S(=O)(=O)Nc4ccccc4C)cc3)c3ccccc3NC3CCC(O)CC3)ncnc21. The normalized spacial score (nSPS) is 17.1. The zero-order chi connectivity index (χ0) is 30.0. The summed E-state index contributed by atoms with van der Waals surface area (Å²) >= 11 is 0. The molecule has 1 fully saturated rings. The number of aliphatic hydroxyl groups excluding tert-OH is 1. The molecule has 0 unspecified atom stereocenters. The number of fused-ring (bicyclic) bond motifs is 1. The molecule has 5 aromatic rings. The van der Waals surface area contributed by atoms with Crippen molar-refractivity contribution in [2.45, 2.75) is 63.1 Å². The summed E-state index contributed by atoms with van der Waals surface area (Å²) in [5.74, 6) is 0.583. The summed E-state index contributed by atoms with van der Waals surface area (Å²) in [6, 6.07) is 22.3. The second-order valence-corrected chi connectivity index (χ2v) is 12.5. The van der Waals surface area contributed by atoms with Gasteiger partial charge in [-0.15, -0.1) is 0 Å². The third-order valence-electron chi connectivity index (χ3n) is 7.93. The second-order valence-electron chi connectivity index (χ2n) is 10.8. The summed E-state index contributed by atoms with van der Waals surface area (Å²) in [5, 5.41) is 13.7. The highest BCUT2D eigenvalue weighted by molar-refractivity contribution is 7.92. The van der Waals surface area contributed by atoms with E-state index in [-0.39, 0.29) is 17.0 Å². The number of rotatable bonds is 9. The summed E-state index contributed by atoms with van der Waals surface area (Å²) < 4.78 is 31.3. The molecule has 3 aromatic carbocycles. The molecule has 10 nitrogen and oxygen atoms in total. The number of imidazole rings is 1. The predicted molar refractivity (Wildman–Crippen MR) is 170 cm³/mol. The van der Waals surface area contributed by atoms with Crippen molar-refractivity contribution in [1.29, 1.82) is 0 Å². The molecule has 0 atom stereocenters. The number of sulfonamides is 1. The minimum absolute atomic E-state index is 0.148. The molecule has 3 N–H and O–H groups in total. The number of hydrogen-bond donors (Lipinski definition) is 3. The maximum atomic E-state index is 13.3. The van der Waals surface area contributed by atoms with E-state index >= 15 is 0 Å². The molecule has 0 saturated heterocycles. The van der Waals surface area contributed by atoms with Crippen LogP contribution in [0.5, 0.6) is 0 Å². The lowest BCUT2D eigenvalue weighted by atomic mass is 9.93. The summed E-state index contributed by atoms with van der Waals surface area (Å²) in [6.45, 7) is 4.60. The van der Waals surface area contributed by atoms with Crippen molar-refractivity contribution < 1.29 is 13.5 Å². The minimum Gasteiger partial charge on any atom is -0.393 e. The van der Waals surface area contributed by atoms with Crippen LogP contribution < -0.4 is 14.9 Å². The number of aliphatic hydroxyl groups is 1. The lowest BCUT2D eigenvalue weighted by Crippen LogP contribution is -2.28. The highest BCUT2D eigenvalue weighted by Crippen LogP contribution is 2.41. The van der Waals surface area contributed by atoms with E-state index in [0.717, 1.165) is 42.6 Å². The molecule has 0 bridgehead atoms. The second kappa shape index (κ2) is 12.0. The van der Waals surface area contributed by atoms with Crippen molar-refractivity contribution in [2.24, 2.45) is 0 Å². The Bertz CT molecular complexity index is 1830. The Morgan fingerprint density at radius 2 is 1.60 bits per heavy atom. The van der Waals surface area contributed by atoms with Gasteiger partial charge in [-0.2, -0.15) is 0 Å². The van der Waals surface area contributed by atoms with Gasteiger partial charge in [0.2, 0.25) is 0 Å². The van der Waals surface area contributed by atoms with Gasteiger partial charge in [0.05, 0.1) is 34.4 Å². The number of aryl methyl sites for hydroxylation is 2. The van der Waals surface area contributed by atoms with Gasteiger partial charge in [0.1, 0.15) is 6.33 Å². The topological polar surface area (TPSA) is 125 Å². The highest BCUT2D eigenvalue weighted by atomic mass is 32.2. The maximum Gasteiger partial charge on any atom is 0.261 e. The van der Waals surface area contributed by atoms with Crippen LogP contribution in [-0.4, -0.2) is 45.2 Å². The summed E-state index contributed by atoms with van der Waals surface area (Å²) in [6.07, 6.45) is 6.30. The lowest BCUT2D eigenvalue weighted by molar-refractivity contribution is 0.126. The maximum absolute atomic E-state index is 13.3. The molecule has 0 radical (unpaired) electrons. The molecule has 222 valence electrons. The van der Waals surface area contributed by atoms with Crippen LogP contribution in [0.25, 0.3) is 11.2 Å².